The normalized spacial score (nSPS) is 35.5. The fourth-order valence-electron chi connectivity index (χ4n) is 7.04. The fraction of sp³-hybridized carbons (Fsp3) is 0.517. The van der Waals surface area contributed by atoms with Crippen molar-refractivity contribution in [1.29, 1.82) is 0 Å². The molecule has 214 valence electrons. The minimum atomic E-state index is -1.77. The summed E-state index contributed by atoms with van der Waals surface area (Å²) in [6.07, 6.45) is -8.35. The number of halogens is 4. The zero-order chi connectivity index (χ0) is 29.1. The van der Waals surface area contributed by atoms with E-state index in [0.29, 0.717) is 10.0 Å². The second-order valence-corrected chi connectivity index (χ2v) is 14.2. The molecule has 0 radical (unpaired) electrons. The van der Waals surface area contributed by atoms with E-state index in [4.69, 9.17) is 0 Å². The number of aliphatic imine (C=N–C) groups is 2. The Bertz CT molecular complexity index is 1450. The van der Waals surface area contributed by atoms with Crippen molar-refractivity contribution in [1.82, 2.24) is 0 Å². The highest BCUT2D eigenvalue weighted by molar-refractivity contribution is 7.26. The number of alkyl halides is 4. The first-order chi connectivity index (χ1) is 19.4. The molecule has 8 atom stereocenters. The fourth-order valence-corrected chi connectivity index (χ4v) is 9.59. The topological polar surface area (TPSA) is 93.0 Å². The van der Waals surface area contributed by atoms with Gasteiger partial charge in [0.1, 0.15) is 34.7 Å². The van der Waals surface area contributed by atoms with Gasteiger partial charge in [-0.05, 0) is 48.9 Å². The van der Waals surface area contributed by atoms with Crippen molar-refractivity contribution in [3.05, 3.63) is 23.3 Å². The van der Waals surface area contributed by atoms with Crippen LogP contribution < -0.4 is 0 Å². The van der Waals surface area contributed by atoms with E-state index in [2.05, 4.69) is 9.98 Å². The van der Waals surface area contributed by atoms with Gasteiger partial charge in [0.25, 0.3) is 0 Å². The Morgan fingerprint density at radius 3 is 1.20 bits per heavy atom. The quantitative estimate of drug-likeness (QED) is 0.395. The van der Waals surface area contributed by atoms with E-state index < -0.39 is 76.9 Å². The number of ketones is 4. The van der Waals surface area contributed by atoms with Crippen LogP contribution in [0.2, 0.25) is 0 Å². The summed E-state index contributed by atoms with van der Waals surface area (Å²) < 4.78 is 55.7. The Morgan fingerprint density at radius 1 is 0.610 bits per heavy atom. The number of nitrogens with zero attached hydrogens (tertiary/aromatic N) is 2. The number of carbonyl (C=O) groups is 4. The highest BCUT2D eigenvalue weighted by Gasteiger charge is 2.54. The molecular formula is C29H24F4N2O4S2. The first kappa shape index (κ1) is 27.0. The average molecular weight is 605 g/mol. The third kappa shape index (κ3) is 3.85. The van der Waals surface area contributed by atoms with Gasteiger partial charge < -0.3 is 0 Å². The van der Waals surface area contributed by atoms with Crippen molar-refractivity contribution in [2.75, 3.05) is 0 Å². The summed E-state index contributed by atoms with van der Waals surface area (Å²) in [5.41, 5.74) is 0.807. The molecule has 0 N–H and O–H groups in total. The summed E-state index contributed by atoms with van der Waals surface area (Å²) in [5, 5.41) is 0.844. The van der Waals surface area contributed by atoms with Gasteiger partial charge in [-0.3, -0.25) is 19.2 Å². The lowest BCUT2D eigenvalue weighted by Gasteiger charge is -2.27. The first-order valence-electron chi connectivity index (χ1n) is 13.6. The van der Waals surface area contributed by atoms with Crippen LogP contribution in [-0.2, 0) is 24.6 Å². The molecular weight excluding hydrogens is 580 g/mol. The predicted octanol–water partition coefficient (Wildman–Crippen LogP) is 5.97. The summed E-state index contributed by atoms with van der Waals surface area (Å²) in [5.74, 6) is -5.68. The van der Waals surface area contributed by atoms with Gasteiger partial charge in [-0.15, -0.1) is 22.7 Å². The summed E-state index contributed by atoms with van der Waals surface area (Å²) in [6.45, 7) is 3.97. The van der Waals surface area contributed by atoms with Gasteiger partial charge in [0.2, 0.25) is 0 Å². The number of fused-ring (bicyclic) bond motifs is 5. The molecule has 2 heterocycles. The Labute approximate surface area is 240 Å². The Balaban J connectivity index is 1.20. The van der Waals surface area contributed by atoms with Gasteiger partial charge in [0.15, 0.2) is 34.6 Å². The van der Waals surface area contributed by atoms with Gasteiger partial charge in [-0.25, -0.2) is 27.5 Å². The summed E-state index contributed by atoms with van der Waals surface area (Å²) in [6, 6.07) is 3.61. The molecule has 2 aromatic rings. The smallest absolute Gasteiger partial charge is 0.188 e. The summed E-state index contributed by atoms with van der Waals surface area (Å²) in [4.78, 5) is 62.1. The van der Waals surface area contributed by atoms with Crippen LogP contribution in [0.15, 0.2) is 22.1 Å². The van der Waals surface area contributed by atoms with Crippen LogP contribution in [0.1, 0.15) is 50.7 Å². The molecule has 6 nitrogen and oxygen atoms in total. The van der Waals surface area contributed by atoms with E-state index in [1.54, 1.807) is 12.1 Å². The SMILES string of the molecule is CC1(C)c2cc(N=C3C(=O)C4CC(F)C(F)CC4C3=O)sc2-c2sc(N=C3C(=O)C4CC(F)C(F)CC4C3=O)cc21. The molecule has 7 rings (SSSR count). The molecule has 4 fully saturated rings. The predicted molar refractivity (Wildman–Crippen MR) is 146 cm³/mol. The largest absolute Gasteiger partial charge is 0.292 e. The van der Waals surface area contributed by atoms with Gasteiger partial charge in [-0.2, -0.15) is 0 Å². The van der Waals surface area contributed by atoms with Gasteiger partial charge in [-0.1, -0.05) is 13.8 Å². The van der Waals surface area contributed by atoms with Gasteiger partial charge in [0, 0.05) is 29.1 Å². The summed E-state index contributed by atoms with van der Waals surface area (Å²) >= 11 is 2.54. The zero-order valence-electron chi connectivity index (χ0n) is 22.0. The minimum Gasteiger partial charge on any atom is -0.292 e. The van der Waals surface area contributed by atoms with Crippen LogP contribution in [0.25, 0.3) is 9.75 Å². The third-order valence-corrected chi connectivity index (χ3v) is 11.6. The van der Waals surface area contributed by atoms with Crippen molar-refractivity contribution >= 4 is 67.2 Å². The van der Waals surface area contributed by atoms with E-state index in [1.807, 2.05) is 13.8 Å². The zero-order valence-corrected chi connectivity index (χ0v) is 23.6. The van der Waals surface area contributed by atoms with E-state index in [1.165, 1.54) is 22.7 Å². The standard InChI is InChI=1S/C29H24F4N2O4S2/c1-29(2)13-7-19(34-21-23(36)9-3-15(30)16(31)4-10(9)24(21)37)40-27(13)28-14(29)8-20(41-28)35-22-25(38)11-5-17(32)18(33)6-12(11)26(22)39/h7-12,15-18H,3-6H2,1-2H3. The van der Waals surface area contributed by atoms with Crippen molar-refractivity contribution in [2.24, 2.45) is 33.7 Å². The molecule has 4 saturated carbocycles. The van der Waals surface area contributed by atoms with E-state index >= 15 is 0 Å². The molecule has 0 aromatic carbocycles. The Hall–Kier alpha value is -2.86. The monoisotopic (exact) mass is 604 g/mol. The molecule has 41 heavy (non-hydrogen) atoms. The van der Waals surface area contributed by atoms with Crippen LogP contribution in [0, 0.1) is 23.7 Å². The highest BCUT2D eigenvalue weighted by atomic mass is 32.1. The second kappa shape index (κ2) is 9.07. The van der Waals surface area contributed by atoms with Crippen LogP contribution in [-0.4, -0.2) is 59.2 Å². The molecule has 0 saturated heterocycles. The van der Waals surface area contributed by atoms with Crippen LogP contribution >= 0.6 is 22.7 Å². The average Bonchev–Trinajstić information content (AvgIpc) is 3.67. The number of carbonyl (C=O) groups excluding carboxylic acids is 4. The minimum absolute atomic E-state index is 0.261. The highest BCUT2D eigenvalue weighted by Crippen LogP contribution is 2.58. The Kier molecular flexibility index (Phi) is 5.97. The van der Waals surface area contributed by atoms with E-state index in [9.17, 15) is 36.7 Å². The molecule has 5 aliphatic carbocycles. The first-order valence-corrected chi connectivity index (χ1v) is 15.2. The number of rotatable bonds is 2. The van der Waals surface area contributed by atoms with Gasteiger partial charge >= 0.3 is 0 Å². The number of Topliss-reactive ketones (excluding diaryl/α,β-unsaturated/α-hetero) is 4. The maximum Gasteiger partial charge on any atom is 0.188 e. The lowest BCUT2D eigenvalue weighted by Crippen LogP contribution is -2.35. The molecule has 0 bridgehead atoms. The van der Waals surface area contributed by atoms with Crippen molar-refractivity contribution < 1.29 is 36.7 Å². The van der Waals surface area contributed by atoms with Crippen LogP contribution in [0.3, 0.4) is 0 Å². The number of hydrogen-bond donors (Lipinski definition) is 0. The van der Waals surface area contributed by atoms with Crippen LogP contribution in [0.4, 0.5) is 27.6 Å². The number of hydrogen-bond acceptors (Lipinski definition) is 8. The van der Waals surface area contributed by atoms with E-state index in [-0.39, 0.29) is 37.1 Å². The van der Waals surface area contributed by atoms with Crippen molar-refractivity contribution in [3.8, 4) is 9.75 Å². The molecule has 12 heteroatoms. The second-order valence-electron chi connectivity index (χ2n) is 12.1. The lowest BCUT2D eigenvalue weighted by atomic mass is 9.79. The van der Waals surface area contributed by atoms with Crippen LogP contribution in [0.5, 0.6) is 0 Å². The van der Waals surface area contributed by atoms with Crippen molar-refractivity contribution in [3.63, 3.8) is 0 Å². The molecule has 0 spiro atoms. The molecule has 0 amide bonds. The van der Waals surface area contributed by atoms with Crippen molar-refractivity contribution in [2.45, 2.75) is 69.6 Å². The maximum absolute atomic E-state index is 13.9. The maximum atomic E-state index is 13.9. The Morgan fingerprint density at radius 2 is 0.902 bits per heavy atom. The lowest BCUT2D eigenvalue weighted by molar-refractivity contribution is -0.123. The van der Waals surface area contributed by atoms with E-state index in [0.717, 1.165) is 20.9 Å². The third-order valence-electron chi connectivity index (χ3n) is 9.39. The molecule has 8 unspecified atom stereocenters. The summed E-state index contributed by atoms with van der Waals surface area (Å²) in [7, 11) is 0. The van der Waals surface area contributed by atoms with Gasteiger partial charge in [0.05, 0.1) is 9.75 Å². The number of thiophene rings is 2. The molecule has 5 aliphatic rings. The molecule has 2 aromatic heterocycles. The molecule has 0 aliphatic heterocycles.